The maximum absolute atomic E-state index is 7.03. The summed E-state index contributed by atoms with van der Waals surface area (Å²) in [4.78, 5) is 7.40. The first-order valence-corrected chi connectivity index (χ1v) is 25.9. The van der Waals surface area contributed by atoms with Crippen LogP contribution in [-0.2, 0) is 10.8 Å². The average molecular weight is 956 g/mol. The number of nitrogens with zero attached hydrogens (tertiary/aromatic N) is 3. The van der Waals surface area contributed by atoms with E-state index < -0.39 is 0 Å². The van der Waals surface area contributed by atoms with Gasteiger partial charge in [-0.2, -0.15) is 0 Å². The van der Waals surface area contributed by atoms with Crippen LogP contribution in [0.4, 0.5) is 51.2 Å². The number of anilines is 9. The molecule has 0 N–H and O–H groups in total. The smallest absolute Gasteiger partial charge is 0.252 e. The summed E-state index contributed by atoms with van der Waals surface area (Å²) in [7, 11) is 0. The molecule has 4 heterocycles. The molecule has 0 spiro atoms. The van der Waals surface area contributed by atoms with E-state index in [1.54, 1.807) is 0 Å². The van der Waals surface area contributed by atoms with Crippen LogP contribution in [0.1, 0.15) is 52.7 Å². The Morgan fingerprint density at radius 3 is 1.62 bits per heavy atom. The summed E-state index contributed by atoms with van der Waals surface area (Å²) in [5, 5.41) is 4.40. The highest BCUT2D eigenvalue weighted by Crippen LogP contribution is 2.49. The summed E-state index contributed by atoms with van der Waals surface area (Å²) in [5.41, 5.74) is 22.0. The van der Waals surface area contributed by atoms with Gasteiger partial charge in [0.25, 0.3) is 6.71 Å². The van der Waals surface area contributed by atoms with Gasteiger partial charge >= 0.3 is 0 Å². The van der Waals surface area contributed by atoms with E-state index in [1.807, 2.05) is 6.07 Å². The zero-order valence-electron chi connectivity index (χ0n) is 42.5. The van der Waals surface area contributed by atoms with Crippen molar-refractivity contribution in [3.05, 3.63) is 230 Å². The monoisotopic (exact) mass is 955 g/mol. The average Bonchev–Trinajstić information content (AvgIpc) is 4.01. The van der Waals surface area contributed by atoms with Gasteiger partial charge in [0.1, 0.15) is 16.7 Å². The molecule has 2 aliphatic heterocycles. The van der Waals surface area contributed by atoms with Crippen molar-refractivity contribution in [3.8, 4) is 11.1 Å². The van der Waals surface area contributed by atoms with E-state index in [2.05, 4.69) is 269 Å². The Bertz CT molecular complexity index is 4180. The molecule has 0 radical (unpaired) electrons. The van der Waals surface area contributed by atoms with Gasteiger partial charge in [-0.1, -0.05) is 169 Å². The Kier molecular flexibility index (Phi) is 9.75. The highest BCUT2D eigenvalue weighted by Gasteiger charge is 2.45. The van der Waals surface area contributed by atoms with E-state index in [4.69, 9.17) is 8.83 Å². The highest BCUT2D eigenvalue weighted by atomic mass is 16.3. The number of fused-ring (bicyclic) bond motifs is 11. The molecule has 0 saturated heterocycles. The third-order valence-electron chi connectivity index (χ3n) is 15.6. The summed E-state index contributed by atoms with van der Waals surface area (Å²) in [6.45, 7) is 13.6. The van der Waals surface area contributed by atoms with Crippen molar-refractivity contribution in [3.63, 3.8) is 0 Å². The molecule has 12 aromatic rings. The van der Waals surface area contributed by atoms with E-state index >= 15 is 0 Å². The van der Waals surface area contributed by atoms with Crippen LogP contribution in [0.5, 0.6) is 0 Å². The Labute approximate surface area is 432 Å². The molecule has 0 bridgehead atoms. The maximum atomic E-state index is 7.03. The molecule has 356 valence electrons. The van der Waals surface area contributed by atoms with Crippen LogP contribution in [0, 0.1) is 0 Å². The van der Waals surface area contributed by atoms with Crippen LogP contribution in [0.25, 0.3) is 55.0 Å². The minimum atomic E-state index is -0.114. The summed E-state index contributed by atoms with van der Waals surface area (Å²) >= 11 is 0. The lowest BCUT2D eigenvalue weighted by atomic mass is 9.33. The predicted octanol–water partition coefficient (Wildman–Crippen LogP) is 17.3. The molecular weight excluding hydrogens is 902 g/mol. The number of hydrogen-bond donors (Lipinski definition) is 0. The fourth-order valence-corrected chi connectivity index (χ4v) is 11.8. The van der Waals surface area contributed by atoms with Crippen LogP contribution in [0.2, 0.25) is 0 Å². The fourth-order valence-electron chi connectivity index (χ4n) is 11.8. The quantitative estimate of drug-likeness (QED) is 0.155. The molecule has 0 atom stereocenters. The van der Waals surface area contributed by atoms with Crippen molar-refractivity contribution >= 4 is 118 Å². The van der Waals surface area contributed by atoms with Gasteiger partial charge in [-0.05, 0) is 140 Å². The summed E-state index contributed by atoms with van der Waals surface area (Å²) in [5.74, 6) is 0. The zero-order valence-corrected chi connectivity index (χ0v) is 42.5. The predicted molar refractivity (Wildman–Crippen MR) is 313 cm³/mol. The topological polar surface area (TPSA) is 36.0 Å². The highest BCUT2D eigenvalue weighted by molar-refractivity contribution is 7.00. The normalized spacial score (nSPS) is 13.2. The van der Waals surface area contributed by atoms with Crippen LogP contribution >= 0.6 is 0 Å². The summed E-state index contributed by atoms with van der Waals surface area (Å²) < 4.78 is 13.4. The SMILES string of the molecule is CC(C)(C)c1ccc(N2c3cc(N(c4cccc(-c5ccccc5)c4)c4ccc5oc6ccccc6c5c4)ccc3B3c4ccc5c(oc6ccccc65)c4N(c4ccc(C(C)(C)C)cc4)c4cccc2c43)cc1. The van der Waals surface area contributed by atoms with Crippen LogP contribution in [0.15, 0.2) is 227 Å². The summed E-state index contributed by atoms with van der Waals surface area (Å²) in [6.07, 6.45) is 0. The number of benzene rings is 10. The van der Waals surface area contributed by atoms with Crippen molar-refractivity contribution in [1.29, 1.82) is 0 Å². The van der Waals surface area contributed by atoms with Gasteiger partial charge in [-0.25, -0.2) is 0 Å². The fraction of sp³-hybridized carbons (Fsp3) is 0.118. The minimum absolute atomic E-state index is 0.00649. The van der Waals surface area contributed by atoms with E-state index in [9.17, 15) is 0 Å². The Morgan fingerprint density at radius 1 is 0.378 bits per heavy atom. The first-order chi connectivity index (χ1) is 36.0. The molecule has 10 aromatic carbocycles. The standard InChI is InChI=1S/C68H54BN3O2/c1-67(2,3)45-26-30-47(31-27-45)71-58-22-15-23-59-64(58)69(57-38-36-54-52-20-10-13-25-62(52)74-66(54)65(57)72(59)48-32-28-46(29-33-48)68(4,5)6)56-37-34-51(42-60(56)71)70(49-19-14-18-44(40-49)43-16-8-7-9-17-43)50-35-39-63-55(41-50)53-21-11-12-24-61(53)73-63/h7-42H,1-6H3. The molecule has 14 rings (SSSR count). The van der Waals surface area contributed by atoms with Gasteiger partial charge in [0.05, 0.1) is 5.69 Å². The van der Waals surface area contributed by atoms with Gasteiger partial charge in [0, 0.05) is 67.0 Å². The Hall–Kier alpha value is -8.74. The first-order valence-electron chi connectivity index (χ1n) is 25.9. The number of hydrogen-bond acceptors (Lipinski definition) is 5. The largest absolute Gasteiger partial charge is 0.456 e. The molecule has 2 aliphatic rings. The van der Waals surface area contributed by atoms with Crippen LogP contribution in [0.3, 0.4) is 0 Å². The second-order valence-corrected chi connectivity index (χ2v) is 22.2. The van der Waals surface area contributed by atoms with Gasteiger partial charge in [-0.3, -0.25) is 0 Å². The molecule has 5 nitrogen and oxygen atoms in total. The van der Waals surface area contributed by atoms with Crippen LogP contribution in [-0.4, -0.2) is 6.71 Å². The minimum Gasteiger partial charge on any atom is -0.456 e. The van der Waals surface area contributed by atoms with E-state index in [-0.39, 0.29) is 17.5 Å². The molecule has 0 saturated carbocycles. The maximum Gasteiger partial charge on any atom is 0.252 e. The number of rotatable bonds is 6. The molecule has 6 heteroatoms. The molecular formula is C68H54BN3O2. The van der Waals surface area contributed by atoms with Gasteiger partial charge < -0.3 is 23.5 Å². The van der Waals surface area contributed by atoms with Crippen molar-refractivity contribution in [2.75, 3.05) is 14.7 Å². The number of furan rings is 2. The lowest BCUT2D eigenvalue weighted by Gasteiger charge is -2.44. The number of para-hydroxylation sites is 2. The Balaban J connectivity index is 1.04. The van der Waals surface area contributed by atoms with Gasteiger partial charge in [0.2, 0.25) is 0 Å². The third-order valence-corrected chi connectivity index (χ3v) is 15.6. The molecule has 0 unspecified atom stereocenters. The van der Waals surface area contributed by atoms with Crippen molar-refractivity contribution < 1.29 is 8.83 Å². The third kappa shape index (κ3) is 6.92. The van der Waals surface area contributed by atoms with E-state index in [0.29, 0.717) is 0 Å². The molecule has 2 aromatic heterocycles. The zero-order chi connectivity index (χ0) is 50.0. The van der Waals surface area contributed by atoms with Gasteiger partial charge in [0.15, 0.2) is 5.58 Å². The summed E-state index contributed by atoms with van der Waals surface area (Å²) in [6, 6.07) is 80.1. The van der Waals surface area contributed by atoms with Crippen LogP contribution < -0.4 is 31.1 Å². The lowest BCUT2D eigenvalue weighted by molar-refractivity contribution is 0.590. The van der Waals surface area contributed by atoms with E-state index in [0.717, 1.165) is 101 Å². The second-order valence-electron chi connectivity index (χ2n) is 22.2. The Morgan fingerprint density at radius 2 is 0.919 bits per heavy atom. The molecule has 0 fully saturated rings. The van der Waals surface area contributed by atoms with Gasteiger partial charge in [-0.15, -0.1) is 0 Å². The molecule has 0 amide bonds. The molecule has 0 aliphatic carbocycles. The first kappa shape index (κ1) is 44.0. The molecule has 74 heavy (non-hydrogen) atoms. The lowest BCUT2D eigenvalue weighted by Crippen LogP contribution is -2.61. The second kappa shape index (κ2) is 16.4. The van der Waals surface area contributed by atoms with Crippen molar-refractivity contribution in [2.45, 2.75) is 52.4 Å². The van der Waals surface area contributed by atoms with Crippen molar-refractivity contribution in [1.82, 2.24) is 0 Å². The van der Waals surface area contributed by atoms with E-state index in [1.165, 1.54) is 33.1 Å². The van der Waals surface area contributed by atoms with Crippen molar-refractivity contribution in [2.24, 2.45) is 0 Å².